The van der Waals surface area contributed by atoms with Gasteiger partial charge < -0.3 is 15.7 Å². The Balaban J connectivity index is 2.62. The van der Waals surface area contributed by atoms with Gasteiger partial charge in [-0.1, -0.05) is 6.42 Å². The maximum absolute atomic E-state index is 12.0. The first-order chi connectivity index (χ1) is 8.58. The predicted molar refractivity (Wildman–Crippen MR) is 69.4 cm³/mol. The SMILES string of the molecule is CC(NC(=O)C1(C(=O)O)CCC1)C(=O)NC(C)(C)C. The summed E-state index contributed by atoms with van der Waals surface area (Å²) in [5, 5.41) is 14.4. The van der Waals surface area contributed by atoms with Gasteiger partial charge in [-0.25, -0.2) is 0 Å². The van der Waals surface area contributed by atoms with Crippen LogP contribution in [-0.4, -0.2) is 34.5 Å². The Morgan fingerprint density at radius 2 is 1.74 bits per heavy atom. The number of nitrogens with one attached hydrogen (secondary N) is 2. The monoisotopic (exact) mass is 270 g/mol. The molecule has 6 nitrogen and oxygen atoms in total. The first-order valence-electron chi connectivity index (χ1n) is 6.45. The van der Waals surface area contributed by atoms with Gasteiger partial charge in [-0.3, -0.25) is 14.4 Å². The number of carbonyl (C=O) groups excluding carboxylic acids is 2. The summed E-state index contributed by atoms with van der Waals surface area (Å²) in [7, 11) is 0. The van der Waals surface area contributed by atoms with Gasteiger partial charge in [0.05, 0.1) is 0 Å². The van der Waals surface area contributed by atoms with Crippen LogP contribution in [0.15, 0.2) is 0 Å². The Morgan fingerprint density at radius 1 is 1.21 bits per heavy atom. The number of carboxylic acids is 1. The molecule has 0 spiro atoms. The summed E-state index contributed by atoms with van der Waals surface area (Å²) in [6.07, 6.45) is 1.39. The number of carbonyl (C=O) groups is 3. The largest absolute Gasteiger partial charge is 0.480 e. The average molecular weight is 270 g/mol. The molecule has 0 aromatic carbocycles. The van der Waals surface area contributed by atoms with Crippen LogP contribution >= 0.6 is 0 Å². The van der Waals surface area contributed by atoms with Crippen LogP contribution in [0.3, 0.4) is 0 Å². The highest BCUT2D eigenvalue weighted by molar-refractivity contribution is 6.04. The molecule has 1 saturated carbocycles. The molecule has 1 aliphatic carbocycles. The summed E-state index contributed by atoms with van der Waals surface area (Å²) in [6, 6.07) is -0.747. The van der Waals surface area contributed by atoms with Crippen molar-refractivity contribution in [3.63, 3.8) is 0 Å². The maximum Gasteiger partial charge on any atom is 0.319 e. The van der Waals surface area contributed by atoms with Crippen molar-refractivity contribution in [3.8, 4) is 0 Å². The Bertz CT molecular complexity index is 394. The Morgan fingerprint density at radius 3 is 2.05 bits per heavy atom. The van der Waals surface area contributed by atoms with Crippen LogP contribution < -0.4 is 10.6 Å². The molecule has 0 heterocycles. The van der Waals surface area contributed by atoms with E-state index in [2.05, 4.69) is 10.6 Å². The van der Waals surface area contributed by atoms with Crippen LogP contribution in [0.4, 0.5) is 0 Å². The molecule has 108 valence electrons. The van der Waals surface area contributed by atoms with Crippen LogP contribution in [0.2, 0.25) is 0 Å². The fourth-order valence-electron chi connectivity index (χ4n) is 1.95. The smallest absolute Gasteiger partial charge is 0.319 e. The molecule has 1 rings (SSSR count). The minimum absolute atomic E-state index is 0.319. The van der Waals surface area contributed by atoms with E-state index >= 15 is 0 Å². The fourth-order valence-corrected chi connectivity index (χ4v) is 1.95. The van der Waals surface area contributed by atoms with Crippen molar-refractivity contribution in [3.05, 3.63) is 0 Å². The Labute approximate surface area is 112 Å². The van der Waals surface area contributed by atoms with Gasteiger partial charge >= 0.3 is 5.97 Å². The van der Waals surface area contributed by atoms with Crippen LogP contribution in [0.25, 0.3) is 0 Å². The summed E-state index contributed by atoms with van der Waals surface area (Å²) in [4.78, 5) is 35.0. The lowest BCUT2D eigenvalue weighted by Gasteiger charge is -2.36. The molecule has 0 aliphatic heterocycles. The molecule has 1 fully saturated rings. The van der Waals surface area contributed by atoms with Gasteiger partial charge in [-0.05, 0) is 40.5 Å². The lowest BCUT2D eigenvalue weighted by molar-refractivity contribution is -0.162. The van der Waals surface area contributed by atoms with E-state index in [1.54, 1.807) is 6.92 Å². The second kappa shape index (κ2) is 5.19. The molecule has 1 unspecified atom stereocenters. The predicted octanol–water partition coefficient (Wildman–Crippen LogP) is 0.661. The Kier molecular flexibility index (Phi) is 4.22. The van der Waals surface area contributed by atoms with Crippen LogP contribution in [0.5, 0.6) is 0 Å². The van der Waals surface area contributed by atoms with E-state index in [4.69, 9.17) is 5.11 Å². The van der Waals surface area contributed by atoms with Gasteiger partial charge in [0.2, 0.25) is 11.8 Å². The van der Waals surface area contributed by atoms with E-state index in [0.717, 1.165) is 6.42 Å². The third kappa shape index (κ3) is 3.45. The molecule has 19 heavy (non-hydrogen) atoms. The topological polar surface area (TPSA) is 95.5 Å². The standard InChI is InChI=1S/C13H22N2O4/c1-8(9(16)15-12(2,3)4)14-10(17)13(11(18)19)6-5-7-13/h8H,5-7H2,1-4H3,(H,14,17)(H,15,16)(H,18,19). The highest BCUT2D eigenvalue weighted by Gasteiger charge is 2.51. The maximum atomic E-state index is 12.0. The molecular formula is C13H22N2O4. The van der Waals surface area contributed by atoms with Gasteiger partial charge in [-0.15, -0.1) is 0 Å². The van der Waals surface area contributed by atoms with Crippen molar-refractivity contribution in [1.29, 1.82) is 0 Å². The molecule has 0 aromatic heterocycles. The minimum atomic E-state index is -1.34. The van der Waals surface area contributed by atoms with E-state index in [0.29, 0.717) is 12.8 Å². The van der Waals surface area contributed by atoms with Gasteiger partial charge in [0.25, 0.3) is 0 Å². The highest BCUT2D eigenvalue weighted by atomic mass is 16.4. The Hall–Kier alpha value is -1.59. The number of rotatable bonds is 4. The van der Waals surface area contributed by atoms with Crippen LogP contribution in [0.1, 0.15) is 47.0 Å². The first-order valence-corrected chi connectivity index (χ1v) is 6.45. The molecule has 6 heteroatoms. The summed E-state index contributed by atoms with van der Waals surface area (Å²) in [5.74, 6) is -2.00. The van der Waals surface area contributed by atoms with Crippen LogP contribution in [0, 0.1) is 5.41 Å². The lowest BCUT2D eigenvalue weighted by Crippen LogP contribution is -2.57. The summed E-state index contributed by atoms with van der Waals surface area (Å²) in [5.41, 5.74) is -1.73. The molecule has 1 atom stereocenters. The average Bonchev–Trinajstić information content (AvgIpc) is 2.11. The lowest BCUT2D eigenvalue weighted by atomic mass is 9.68. The third-order valence-electron chi connectivity index (χ3n) is 3.29. The molecule has 0 saturated heterocycles. The first kappa shape index (κ1) is 15.5. The van der Waals surface area contributed by atoms with Crippen molar-refractivity contribution >= 4 is 17.8 Å². The number of carboxylic acid groups (broad SMARTS) is 1. The number of aliphatic carboxylic acids is 1. The zero-order chi connectivity index (χ0) is 14.8. The van der Waals surface area contributed by atoms with Crippen molar-refractivity contribution in [2.24, 2.45) is 5.41 Å². The normalized spacial score (nSPS) is 18.9. The summed E-state index contributed by atoms with van der Waals surface area (Å²) >= 11 is 0. The van der Waals surface area contributed by atoms with Gasteiger partial charge in [-0.2, -0.15) is 0 Å². The zero-order valence-electron chi connectivity index (χ0n) is 11.9. The molecule has 0 bridgehead atoms. The number of amides is 2. The van der Waals surface area contributed by atoms with Crippen LogP contribution in [-0.2, 0) is 14.4 Å². The third-order valence-corrected chi connectivity index (χ3v) is 3.29. The summed E-state index contributed by atoms with van der Waals surface area (Å²) < 4.78 is 0. The second-order valence-electron chi connectivity index (χ2n) is 6.18. The van der Waals surface area contributed by atoms with E-state index < -0.39 is 28.9 Å². The molecule has 0 radical (unpaired) electrons. The van der Waals surface area contributed by atoms with E-state index in [1.165, 1.54) is 0 Å². The zero-order valence-corrected chi connectivity index (χ0v) is 11.9. The van der Waals surface area contributed by atoms with Gasteiger partial charge in [0, 0.05) is 5.54 Å². The molecular weight excluding hydrogens is 248 g/mol. The van der Waals surface area contributed by atoms with Crippen molar-refractivity contribution < 1.29 is 19.5 Å². The van der Waals surface area contributed by atoms with E-state index in [9.17, 15) is 14.4 Å². The summed E-state index contributed by atoms with van der Waals surface area (Å²) in [6.45, 7) is 7.06. The van der Waals surface area contributed by atoms with Gasteiger partial charge in [0.15, 0.2) is 0 Å². The molecule has 0 aromatic rings. The van der Waals surface area contributed by atoms with E-state index in [1.807, 2.05) is 20.8 Å². The molecule has 1 aliphatic rings. The van der Waals surface area contributed by atoms with Crippen molar-refractivity contribution in [2.45, 2.75) is 58.5 Å². The second-order valence-corrected chi connectivity index (χ2v) is 6.18. The number of hydrogen-bond acceptors (Lipinski definition) is 3. The molecule has 3 N–H and O–H groups in total. The quantitative estimate of drug-likeness (QED) is 0.654. The van der Waals surface area contributed by atoms with Crippen molar-refractivity contribution in [1.82, 2.24) is 10.6 Å². The molecule has 2 amide bonds. The minimum Gasteiger partial charge on any atom is -0.480 e. The highest BCUT2D eigenvalue weighted by Crippen LogP contribution is 2.41. The van der Waals surface area contributed by atoms with Gasteiger partial charge in [0.1, 0.15) is 11.5 Å². The van der Waals surface area contributed by atoms with Crippen molar-refractivity contribution in [2.75, 3.05) is 0 Å². The fraction of sp³-hybridized carbons (Fsp3) is 0.769. The van der Waals surface area contributed by atoms with E-state index in [-0.39, 0.29) is 5.91 Å². The number of hydrogen-bond donors (Lipinski definition) is 3.